The number of nitrogens with one attached hydrogen (secondary N) is 2. The van der Waals surface area contributed by atoms with Crippen molar-refractivity contribution in [2.75, 3.05) is 11.9 Å². The summed E-state index contributed by atoms with van der Waals surface area (Å²) in [5.41, 5.74) is 1.98. The largest absolute Gasteiger partial charge is 0.334 e. The van der Waals surface area contributed by atoms with Crippen LogP contribution in [0.5, 0.6) is 0 Å². The first-order valence-corrected chi connectivity index (χ1v) is 8.38. The molecule has 2 atom stereocenters. The number of aryl methyl sites for hydroxylation is 1. The van der Waals surface area contributed by atoms with Crippen molar-refractivity contribution in [2.45, 2.75) is 32.4 Å². The van der Waals surface area contributed by atoms with Gasteiger partial charge in [-0.25, -0.2) is 9.78 Å². The molecule has 1 aromatic carbocycles. The molecular weight excluding hydrogens is 316 g/mol. The van der Waals surface area contributed by atoms with Gasteiger partial charge in [-0.15, -0.1) is 0 Å². The van der Waals surface area contributed by atoms with Crippen molar-refractivity contribution < 1.29 is 9.59 Å². The second kappa shape index (κ2) is 7.34. The Morgan fingerprint density at radius 3 is 2.72 bits per heavy atom. The average Bonchev–Trinajstić information content (AvgIpc) is 2.97. The monoisotopic (exact) mass is 338 g/mol. The summed E-state index contributed by atoms with van der Waals surface area (Å²) < 4.78 is 0. The zero-order valence-corrected chi connectivity index (χ0v) is 14.4. The minimum absolute atomic E-state index is 0.0124. The lowest BCUT2D eigenvalue weighted by Gasteiger charge is -2.25. The molecule has 2 heterocycles. The lowest BCUT2D eigenvalue weighted by atomic mass is 10.1. The summed E-state index contributed by atoms with van der Waals surface area (Å²) in [6, 6.07) is 13.0. The van der Waals surface area contributed by atoms with Gasteiger partial charge in [0.15, 0.2) is 0 Å². The van der Waals surface area contributed by atoms with Crippen LogP contribution in [0.3, 0.4) is 0 Å². The van der Waals surface area contributed by atoms with E-state index in [0.717, 1.165) is 11.1 Å². The number of hydrogen-bond donors (Lipinski definition) is 2. The summed E-state index contributed by atoms with van der Waals surface area (Å²) in [5, 5.41) is 5.61. The second-order valence-electron chi connectivity index (χ2n) is 6.30. The second-order valence-corrected chi connectivity index (χ2v) is 6.30. The number of hydrogen-bond acceptors (Lipinski definition) is 3. The third-order valence-corrected chi connectivity index (χ3v) is 4.48. The van der Waals surface area contributed by atoms with Crippen LogP contribution in [0.1, 0.15) is 30.5 Å². The normalized spacial score (nSPS) is 18.1. The van der Waals surface area contributed by atoms with Crippen molar-refractivity contribution in [1.82, 2.24) is 15.2 Å². The smallest absolute Gasteiger partial charge is 0.320 e. The molecule has 3 rings (SSSR count). The molecule has 0 saturated carbocycles. The number of pyridine rings is 1. The Balaban J connectivity index is 1.59. The molecule has 0 spiro atoms. The molecule has 2 N–H and O–H groups in total. The van der Waals surface area contributed by atoms with Crippen LogP contribution < -0.4 is 10.6 Å². The number of amides is 3. The Kier molecular flexibility index (Phi) is 4.97. The predicted molar refractivity (Wildman–Crippen MR) is 96.1 cm³/mol. The van der Waals surface area contributed by atoms with E-state index >= 15 is 0 Å². The van der Waals surface area contributed by atoms with Gasteiger partial charge in [0.2, 0.25) is 5.91 Å². The van der Waals surface area contributed by atoms with Gasteiger partial charge in [-0.3, -0.25) is 10.1 Å². The van der Waals surface area contributed by atoms with E-state index in [1.165, 1.54) is 0 Å². The Hall–Kier alpha value is -2.89. The number of anilines is 1. The Morgan fingerprint density at radius 1 is 1.24 bits per heavy atom. The van der Waals surface area contributed by atoms with Gasteiger partial charge in [0, 0.05) is 19.2 Å². The molecule has 2 unspecified atom stereocenters. The van der Waals surface area contributed by atoms with Crippen LogP contribution in [-0.2, 0) is 4.79 Å². The standard InChI is InChI=1S/C19H22N4O2/c1-13-7-6-10-20-18(13)22-19(25)21-16-11-17(24)23(12-16)14(2)15-8-4-3-5-9-15/h3-10,14,16H,11-12H2,1-2H3,(H2,20,21,22,25). The van der Waals surface area contributed by atoms with Crippen LogP contribution in [-0.4, -0.2) is 34.4 Å². The predicted octanol–water partition coefficient (Wildman–Crippen LogP) is 2.87. The van der Waals surface area contributed by atoms with Crippen LogP contribution >= 0.6 is 0 Å². The lowest BCUT2D eigenvalue weighted by Crippen LogP contribution is -2.40. The Bertz CT molecular complexity index is 763. The fourth-order valence-corrected chi connectivity index (χ4v) is 3.06. The van der Waals surface area contributed by atoms with E-state index in [4.69, 9.17) is 0 Å². The quantitative estimate of drug-likeness (QED) is 0.900. The highest BCUT2D eigenvalue weighted by atomic mass is 16.2. The van der Waals surface area contributed by atoms with E-state index in [9.17, 15) is 9.59 Å². The zero-order chi connectivity index (χ0) is 17.8. The van der Waals surface area contributed by atoms with Crippen LogP contribution in [0.4, 0.5) is 10.6 Å². The molecule has 1 saturated heterocycles. The lowest BCUT2D eigenvalue weighted by molar-refractivity contribution is -0.129. The van der Waals surface area contributed by atoms with Gasteiger partial charge in [0.05, 0.1) is 12.1 Å². The maximum Gasteiger partial charge on any atom is 0.320 e. The summed E-state index contributed by atoms with van der Waals surface area (Å²) in [6.07, 6.45) is 1.94. The van der Waals surface area contributed by atoms with Gasteiger partial charge < -0.3 is 10.2 Å². The molecule has 6 heteroatoms. The first kappa shape index (κ1) is 17.0. The molecule has 1 aliphatic heterocycles. The van der Waals surface area contributed by atoms with Crippen LogP contribution in [0.25, 0.3) is 0 Å². The molecule has 3 amide bonds. The molecule has 1 aliphatic rings. The third kappa shape index (κ3) is 3.96. The minimum atomic E-state index is -0.339. The van der Waals surface area contributed by atoms with Gasteiger partial charge in [-0.2, -0.15) is 0 Å². The number of nitrogens with zero attached hydrogens (tertiary/aromatic N) is 2. The Labute approximate surface area is 147 Å². The molecular formula is C19H22N4O2. The highest BCUT2D eigenvalue weighted by Gasteiger charge is 2.34. The van der Waals surface area contributed by atoms with Gasteiger partial charge in [-0.1, -0.05) is 36.4 Å². The number of benzene rings is 1. The summed E-state index contributed by atoms with van der Waals surface area (Å²) in [5.74, 6) is 0.578. The van der Waals surface area contributed by atoms with Crippen molar-refractivity contribution >= 4 is 17.8 Å². The molecule has 130 valence electrons. The summed E-state index contributed by atoms with van der Waals surface area (Å²) in [4.78, 5) is 30.5. The fourth-order valence-electron chi connectivity index (χ4n) is 3.06. The molecule has 0 bridgehead atoms. The number of aromatic nitrogens is 1. The maximum absolute atomic E-state index is 12.3. The average molecular weight is 338 g/mol. The van der Waals surface area contributed by atoms with Crippen molar-refractivity contribution in [3.05, 3.63) is 59.8 Å². The van der Waals surface area contributed by atoms with Gasteiger partial charge >= 0.3 is 6.03 Å². The Morgan fingerprint density at radius 2 is 2.00 bits per heavy atom. The topological polar surface area (TPSA) is 74.3 Å². The number of likely N-dealkylation sites (tertiary alicyclic amines) is 1. The van der Waals surface area contributed by atoms with E-state index in [-0.39, 0.29) is 24.0 Å². The summed E-state index contributed by atoms with van der Waals surface area (Å²) in [6.45, 7) is 4.39. The first-order valence-electron chi connectivity index (χ1n) is 8.38. The molecule has 1 fully saturated rings. The van der Waals surface area contributed by atoms with Crippen molar-refractivity contribution in [3.63, 3.8) is 0 Å². The van der Waals surface area contributed by atoms with Gasteiger partial charge in [-0.05, 0) is 31.0 Å². The van der Waals surface area contributed by atoms with Gasteiger partial charge in [0.25, 0.3) is 0 Å². The van der Waals surface area contributed by atoms with E-state index in [1.807, 2.05) is 61.2 Å². The molecule has 0 radical (unpaired) electrons. The molecule has 6 nitrogen and oxygen atoms in total. The van der Waals surface area contributed by atoms with E-state index in [0.29, 0.717) is 18.8 Å². The summed E-state index contributed by atoms with van der Waals surface area (Å²) >= 11 is 0. The van der Waals surface area contributed by atoms with Crippen LogP contribution in [0.2, 0.25) is 0 Å². The number of rotatable bonds is 4. The zero-order valence-electron chi connectivity index (χ0n) is 14.4. The maximum atomic E-state index is 12.3. The molecule has 25 heavy (non-hydrogen) atoms. The molecule has 1 aromatic heterocycles. The first-order chi connectivity index (χ1) is 12.0. The van der Waals surface area contributed by atoms with Gasteiger partial charge in [0.1, 0.15) is 5.82 Å². The highest BCUT2D eigenvalue weighted by Crippen LogP contribution is 2.25. The van der Waals surface area contributed by atoms with E-state index < -0.39 is 0 Å². The highest BCUT2D eigenvalue weighted by molar-refractivity contribution is 5.90. The van der Waals surface area contributed by atoms with E-state index in [2.05, 4.69) is 15.6 Å². The SMILES string of the molecule is Cc1cccnc1NC(=O)NC1CC(=O)N(C(C)c2ccccc2)C1. The molecule has 2 aromatic rings. The van der Waals surface area contributed by atoms with Crippen molar-refractivity contribution in [2.24, 2.45) is 0 Å². The van der Waals surface area contributed by atoms with Crippen LogP contribution in [0.15, 0.2) is 48.7 Å². The van der Waals surface area contributed by atoms with E-state index in [1.54, 1.807) is 6.20 Å². The third-order valence-electron chi connectivity index (χ3n) is 4.48. The van der Waals surface area contributed by atoms with Crippen molar-refractivity contribution in [3.8, 4) is 0 Å². The van der Waals surface area contributed by atoms with Crippen molar-refractivity contribution in [1.29, 1.82) is 0 Å². The number of urea groups is 1. The number of carbonyl (C=O) groups is 2. The number of carbonyl (C=O) groups excluding carboxylic acids is 2. The molecule has 0 aliphatic carbocycles. The van der Waals surface area contributed by atoms with Crippen LogP contribution in [0, 0.1) is 6.92 Å². The fraction of sp³-hybridized carbons (Fsp3) is 0.316. The minimum Gasteiger partial charge on any atom is -0.334 e. The summed E-state index contributed by atoms with van der Waals surface area (Å²) in [7, 11) is 0.